The fourth-order valence-corrected chi connectivity index (χ4v) is 3.94. The van der Waals surface area contributed by atoms with Gasteiger partial charge in [0.15, 0.2) is 17.3 Å². The fourth-order valence-electron chi connectivity index (χ4n) is 3.94. The Morgan fingerprint density at radius 3 is 2.66 bits per heavy atom. The molecule has 1 unspecified atom stereocenters. The molecule has 0 aliphatic carbocycles. The second-order valence-corrected chi connectivity index (χ2v) is 8.41. The number of benzene rings is 2. The average Bonchev–Trinajstić information content (AvgIpc) is 3.61. The Hall–Kier alpha value is -5.32. The maximum atomic E-state index is 12.8. The molecule has 0 aliphatic rings. The Kier molecular flexibility index (Phi) is 6.89. The van der Waals surface area contributed by atoms with E-state index in [9.17, 15) is 4.79 Å². The number of methoxy groups -OCH3 is 1. The molecule has 0 aliphatic heterocycles. The predicted molar refractivity (Wildman–Crippen MR) is 143 cm³/mol. The number of anilines is 1. The number of H-pyrrole nitrogens is 2. The summed E-state index contributed by atoms with van der Waals surface area (Å²) in [5.74, 6) is 2.00. The van der Waals surface area contributed by atoms with Gasteiger partial charge in [-0.15, -0.1) is 5.10 Å². The monoisotopic (exact) mass is 510 g/mol. The summed E-state index contributed by atoms with van der Waals surface area (Å²) >= 11 is 0. The van der Waals surface area contributed by atoms with Gasteiger partial charge in [0.1, 0.15) is 24.3 Å². The molecule has 5 rings (SSSR count). The average molecular weight is 511 g/mol. The van der Waals surface area contributed by atoms with Crippen LogP contribution in [-0.2, 0) is 6.61 Å². The minimum absolute atomic E-state index is 0.0197. The molecule has 0 radical (unpaired) electrons. The van der Waals surface area contributed by atoms with Crippen molar-refractivity contribution in [3.05, 3.63) is 118 Å². The summed E-state index contributed by atoms with van der Waals surface area (Å²) in [6.07, 6.45) is 5.17. The smallest absolute Gasteiger partial charge is 0.349 e. The van der Waals surface area contributed by atoms with Gasteiger partial charge >= 0.3 is 5.69 Å². The summed E-state index contributed by atoms with van der Waals surface area (Å²) in [6, 6.07) is 19.4. The highest BCUT2D eigenvalue weighted by Crippen LogP contribution is 2.34. The summed E-state index contributed by atoms with van der Waals surface area (Å²) in [4.78, 5) is 22.7. The van der Waals surface area contributed by atoms with Crippen molar-refractivity contribution in [1.82, 2.24) is 24.7 Å². The van der Waals surface area contributed by atoms with Crippen LogP contribution in [0.15, 0.2) is 90.1 Å². The summed E-state index contributed by atoms with van der Waals surface area (Å²) in [7, 11) is 1.57. The number of nitrogen functional groups attached to an aromatic ring is 1. The highest BCUT2D eigenvalue weighted by atomic mass is 16.5. The van der Waals surface area contributed by atoms with Crippen LogP contribution in [0, 0.1) is 5.41 Å². The van der Waals surface area contributed by atoms with Crippen molar-refractivity contribution in [3.8, 4) is 17.3 Å². The molecule has 3 aromatic heterocycles. The number of rotatable bonds is 10. The molecule has 0 amide bonds. The van der Waals surface area contributed by atoms with Crippen molar-refractivity contribution in [3.63, 3.8) is 0 Å². The minimum atomic E-state index is -0.552. The van der Waals surface area contributed by atoms with Gasteiger partial charge in [0.25, 0.3) is 0 Å². The highest BCUT2D eigenvalue weighted by Gasteiger charge is 2.22. The van der Waals surface area contributed by atoms with Gasteiger partial charge in [0.2, 0.25) is 0 Å². The van der Waals surface area contributed by atoms with E-state index in [2.05, 4.69) is 25.4 Å². The first-order valence-electron chi connectivity index (χ1n) is 11.8. The van der Waals surface area contributed by atoms with Gasteiger partial charge < -0.3 is 25.5 Å². The van der Waals surface area contributed by atoms with E-state index >= 15 is 0 Å². The summed E-state index contributed by atoms with van der Waals surface area (Å²) in [6.45, 7) is 0.335. The first kappa shape index (κ1) is 24.4. The Bertz CT molecular complexity index is 1580. The van der Waals surface area contributed by atoms with Crippen LogP contribution in [0.1, 0.15) is 28.6 Å². The number of aromatic amines is 2. The Labute approximate surface area is 217 Å². The second kappa shape index (κ2) is 10.7. The zero-order chi connectivity index (χ0) is 26.5. The zero-order valence-electron chi connectivity index (χ0n) is 20.5. The molecule has 192 valence electrons. The molecule has 0 spiro atoms. The van der Waals surface area contributed by atoms with E-state index in [-0.39, 0.29) is 11.5 Å². The van der Waals surface area contributed by atoms with Gasteiger partial charge in [-0.3, -0.25) is 15.4 Å². The quantitative estimate of drug-likeness (QED) is 0.142. The van der Waals surface area contributed by atoms with E-state index in [1.54, 1.807) is 50.0 Å². The zero-order valence-corrected chi connectivity index (χ0v) is 20.5. The lowest BCUT2D eigenvalue weighted by molar-refractivity contribution is 0.284. The van der Waals surface area contributed by atoms with Gasteiger partial charge in [0.05, 0.1) is 7.11 Å². The normalized spacial score (nSPS) is 11.6. The third kappa shape index (κ3) is 5.26. The van der Waals surface area contributed by atoms with Crippen molar-refractivity contribution >= 4 is 11.5 Å². The largest absolute Gasteiger partial charge is 0.493 e. The van der Waals surface area contributed by atoms with Crippen LogP contribution in [0.3, 0.4) is 0 Å². The standard InChI is InChI=1S/C27H26N8O3/c1-37-22-14-19(8-11-21(22)38-16-17-4-2-12-30-15-17)24(32-20-9-6-18(7-10-20)25(28)29)26-33-27(36)35(34-26)23-5-3-13-31-23/h2-15,24,31-32H,16H2,1H3,(H3,28,29)(H,33,34,36). The van der Waals surface area contributed by atoms with Gasteiger partial charge in [-0.2, -0.15) is 4.68 Å². The molecule has 11 nitrogen and oxygen atoms in total. The number of aromatic nitrogens is 5. The highest BCUT2D eigenvalue weighted by molar-refractivity contribution is 5.95. The van der Waals surface area contributed by atoms with Crippen LogP contribution in [-0.4, -0.2) is 37.7 Å². The third-order valence-electron chi connectivity index (χ3n) is 5.86. The fraction of sp³-hybridized carbons (Fsp3) is 0.111. The molecule has 5 aromatic rings. The molecule has 1 atom stereocenters. The van der Waals surface area contributed by atoms with Crippen LogP contribution in [0.2, 0.25) is 0 Å². The Morgan fingerprint density at radius 2 is 1.97 bits per heavy atom. The van der Waals surface area contributed by atoms with Crippen LogP contribution in [0.5, 0.6) is 11.5 Å². The first-order chi connectivity index (χ1) is 18.5. The van der Waals surface area contributed by atoms with E-state index in [1.807, 2.05) is 42.5 Å². The van der Waals surface area contributed by atoms with Crippen LogP contribution in [0.4, 0.5) is 5.69 Å². The number of hydrogen-bond acceptors (Lipinski definition) is 7. The molecule has 2 aromatic carbocycles. The molecule has 0 fully saturated rings. The van der Waals surface area contributed by atoms with Crippen molar-refractivity contribution in [2.24, 2.45) is 5.73 Å². The van der Waals surface area contributed by atoms with Crippen molar-refractivity contribution < 1.29 is 9.47 Å². The van der Waals surface area contributed by atoms with E-state index in [1.165, 1.54) is 4.68 Å². The minimum Gasteiger partial charge on any atom is -0.493 e. The molecule has 6 N–H and O–H groups in total. The molecule has 11 heteroatoms. The molecule has 38 heavy (non-hydrogen) atoms. The molecule has 0 saturated heterocycles. The van der Waals surface area contributed by atoms with Gasteiger partial charge in [-0.05, 0) is 60.2 Å². The molecule has 0 bridgehead atoms. The Balaban J connectivity index is 1.49. The van der Waals surface area contributed by atoms with Crippen molar-refractivity contribution in [1.29, 1.82) is 5.41 Å². The summed E-state index contributed by atoms with van der Waals surface area (Å²) in [5, 5.41) is 15.6. The predicted octanol–water partition coefficient (Wildman–Crippen LogP) is 3.36. The second-order valence-electron chi connectivity index (χ2n) is 8.41. The maximum Gasteiger partial charge on any atom is 0.349 e. The van der Waals surface area contributed by atoms with Crippen molar-refractivity contribution in [2.75, 3.05) is 12.4 Å². The number of pyridine rings is 1. The molecule has 0 saturated carbocycles. The van der Waals surface area contributed by atoms with Gasteiger partial charge in [-0.1, -0.05) is 12.1 Å². The van der Waals surface area contributed by atoms with Crippen LogP contribution >= 0.6 is 0 Å². The van der Waals surface area contributed by atoms with Crippen LogP contribution in [0.25, 0.3) is 5.82 Å². The van der Waals surface area contributed by atoms with E-state index < -0.39 is 6.04 Å². The van der Waals surface area contributed by atoms with E-state index in [0.717, 1.165) is 16.8 Å². The number of amidine groups is 1. The maximum absolute atomic E-state index is 12.8. The van der Waals surface area contributed by atoms with E-state index in [4.69, 9.17) is 20.6 Å². The first-order valence-corrected chi connectivity index (χ1v) is 11.8. The number of nitrogens with two attached hydrogens (primary N) is 1. The molecule has 3 heterocycles. The SMILES string of the molecule is COc1cc(C(Nc2ccc(C(=N)N)cc2)c2nn(-c3ccc[nH]3)c(=O)[nH]2)ccc1OCc1cccnc1. The summed E-state index contributed by atoms with van der Waals surface area (Å²) < 4.78 is 12.9. The van der Waals surface area contributed by atoms with Gasteiger partial charge in [-0.25, -0.2) is 4.79 Å². The van der Waals surface area contributed by atoms with Crippen LogP contribution < -0.4 is 26.2 Å². The Morgan fingerprint density at radius 1 is 1.13 bits per heavy atom. The lowest BCUT2D eigenvalue weighted by Crippen LogP contribution is -2.16. The molecular weight excluding hydrogens is 484 g/mol. The topological polar surface area (TPSA) is 160 Å². The lowest BCUT2D eigenvalue weighted by atomic mass is 10.0. The van der Waals surface area contributed by atoms with Gasteiger partial charge in [0, 0.05) is 35.4 Å². The van der Waals surface area contributed by atoms with Crippen molar-refractivity contribution in [2.45, 2.75) is 12.6 Å². The number of hydrogen-bond donors (Lipinski definition) is 5. The number of nitrogens with one attached hydrogen (secondary N) is 4. The third-order valence-corrected chi connectivity index (χ3v) is 5.86. The number of ether oxygens (including phenoxy) is 2. The summed E-state index contributed by atoms with van der Waals surface area (Å²) in [5.41, 5.74) is 8.27. The lowest BCUT2D eigenvalue weighted by Gasteiger charge is -2.20. The number of nitrogens with zero attached hydrogens (tertiary/aromatic N) is 3. The van der Waals surface area contributed by atoms with E-state index in [0.29, 0.717) is 35.3 Å². The molecular formula is C27H26N8O3.